The number of carbonyl (C=O) groups excluding carboxylic acids is 1. The first-order valence-electron chi connectivity index (χ1n) is 11.5. The van der Waals surface area contributed by atoms with Gasteiger partial charge in [0, 0.05) is 40.9 Å². The van der Waals surface area contributed by atoms with Crippen LogP contribution in [0.15, 0.2) is 36.7 Å². The summed E-state index contributed by atoms with van der Waals surface area (Å²) in [6.07, 6.45) is 1.71. The molecule has 11 heteroatoms. The highest BCUT2D eigenvalue weighted by atomic mass is 35.5. The van der Waals surface area contributed by atoms with Crippen molar-refractivity contribution in [1.82, 2.24) is 25.0 Å². The van der Waals surface area contributed by atoms with Crippen LogP contribution in [-0.4, -0.2) is 58.3 Å². The Morgan fingerprint density at radius 3 is 2.74 bits per heavy atom. The Morgan fingerprint density at radius 2 is 2.00 bits per heavy atom. The van der Waals surface area contributed by atoms with Crippen LogP contribution in [0.5, 0.6) is 0 Å². The number of likely N-dealkylation sites (N-methyl/N-ethyl adjacent to an activating group) is 1. The monoisotopic (exact) mass is 508 g/mol. The number of nitrogens with one attached hydrogen (secondary N) is 2. The molecule has 2 aromatic heterocycles. The van der Waals surface area contributed by atoms with Crippen LogP contribution in [0.1, 0.15) is 41.7 Å². The molecule has 35 heavy (non-hydrogen) atoms. The Morgan fingerprint density at radius 1 is 1.23 bits per heavy atom. The van der Waals surface area contributed by atoms with Gasteiger partial charge in [0.25, 0.3) is 5.91 Å². The summed E-state index contributed by atoms with van der Waals surface area (Å²) in [5.41, 5.74) is 0.0906. The fraction of sp³-hybridized carbons (Fsp3) is 0.458. The van der Waals surface area contributed by atoms with Gasteiger partial charge in [0.15, 0.2) is 0 Å². The largest absolute Gasteiger partial charge is 0.433 e. The van der Waals surface area contributed by atoms with Gasteiger partial charge >= 0.3 is 6.18 Å². The molecule has 1 fully saturated rings. The van der Waals surface area contributed by atoms with Gasteiger partial charge in [-0.15, -0.1) is 0 Å². The molecule has 1 amide bonds. The van der Waals surface area contributed by atoms with Crippen molar-refractivity contribution in [2.45, 2.75) is 50.5 Å². The van der Waals surface area contributed by atoms with E-state index >= 15 is 0 Å². The number of hydrogen-bond donors (Lipinski definition) is 2. The number of alkyl halides is 3. The van der Waals surface area contributed by atoms with E-state index in [4.69, 9.17) is 11.6 Å². The second-order valence-corrected chi connectivity index (χ2v) is 9.62. The molecule has 4 rings (SSSR count). The van der Waals surface area contributed by atoms with Crippen molar-refractivity contribution in [3.8, 4) is 0 Å². The van der Waals surface area contributed by atoms with Crippen LogP contribution < -0.4 is 10.6 Å². The molecule has 2 heterocycles. The van der Waals surface area contributed by atoms with Crippen molar-refractivity contribution in [2.75, 3.05) is 26.0 Å². The molecule has 0 spiro atoms. The Kier molecular flexibility index (Phi) is 7.51. The highest BCUT2D eigenvalue weighted by molar-refractivity contribution is 6.31. The molecule has 7 nitrogen and oxygen atoms in total. The van der Waals surface area contributed by atoms with Crippen LogP contribution in [-0.2, 0) is 12.7 Å². The Bertz CT molecular complexity index is 1200. The van der Waals surface area contributed by atoms with Crippen LogP contribution in [0.25, 0.3) is 10.9 Å². The summed E-state index contributed by atoms with van der Waals surface area (Å²) in [6, 6.07) is 5.45. The standard InChI is InChI=1S/C24H28ClF3N6O/c1-33(2)8-9-34-14-15(13-29-34)23(35)31-18-5-3-4-17(11-18)30-21-12-22(24(26,27)28)32-20-7-6-16(25)10-19(20)21/h6-7,10,12-14,17-18H,3-5,8-9,11H2,1-2H3,(H,30,32)(H,31,35)/t17-,18+/m0/s1. The Balaban J connectivity index is 1.45. The maximum atomic E-state index is 13.4. The van der Waals surface area contributed by atoms with Gasteiger partial charge in [-0.1, -0.05) is 11.6 Å². The van der Waals surface area contributed by atoms with Gasteiger partial charge < -0.3 is 15.5 Å². The maximum Gasteiger partial charge on any atom is 0.433 e. The second-order valence-electron chi connectivity index (χ2n) is 9.19. The number of benzene rings is 1. The third-order valence-electron chi connectivity index (χ3n) is 6.10. The van der Waals surface area contributed by atoms with E-state index in [-0.39, 0.29) is 23.5 Å². The maximum absolute atomic E-state index is 13.4. The number of carbonyl (C=O) groups is 1. The average Bonchev–Trinajstić information content (AvgIpc) is 3.27. The van der Waals surface area contributed by atoms with Crippen molar-refractivity contribution in [1.29, 1.82) is 0 Å². The van der Waals surface area contributed by atoms with Crippen LogP contribution >= 0.6 is 11.6 Å². The van der Waals surface area contributed by atoms with Crippen molar-refractivity contribution in [2.24, 2.45) is 0 Å². The van der Waals surface area contributed by atoms with Crippen LogP contribution in [0, 0.1) is 0 Å². The van der Waals surface area contributed by atoms with Gasteiger partial charge in [0.1, 0.15) is 5.69 Å². The number of nitrogens with zero attached hydrogens (tertiary/aromatic N) is 4. The zero-order valence-corrected chi connectivity index (χ0v) is 20.3. The van der Waals surface area contributed by atoms with Crippen molar-refractivity contribution in [3.63, 3.8) is 0 Å². The van der Waals surface area contributed by atoms with E-state index in [0.29, 0.717) is 34.6 Å². The highest BCUT2D eigenvalue weighted by Crippen LogP contribution is 2.35. The number of fused-ring (bicyclic) bond motifs is 1. The molecule has 2 N–H and O–H groups in total. The van der Waals surface area contributed by atoms with Crippen molar-refractivity contribution in [3.05, 3.63) is 52.9 Å². The minimum Gasteiger partial charge on any atom is -0.382 e. The minimum absolute atomic E-state index is 0.0994. The van der Waals surface area contributed by atoms with Crippen molar-refractivity contribution >= 4 is 34.1 Å². The number of halogens is 4. The van der Waals surface area contributed by atoms with Gasteiger partial charge in [0.2, 0.25) is 0 Å². The Labute approximate surface area is 206 Å². The summed E-state index contributed by atoms with van der Waals surface area (Å²) in [6.45, 7) is 1.49. The molecule has 1 aliphatic rings. The van der Waals surface area contributed by atoms with E-state index in [1.165, 1.54) is 12.1 Å². The van der Waals surface area contributed by atoms with Gasteiger partial charge in [-0.25, -0.2) is 4.98 Å². The molecule has 188 valence electrons. The molecule has 2 atom stereocenters. The zero-order chi connectivity index (χ0) is 25.2. The molecular weight excluding hydrogens is 481 g/mol. The third kappa shape index (κ3) is 6.43. The fourth-order valence-electron chi connectivity index (χ4n) is 4.31. The van der Waals surface area contributed by atoms with Gasteiger partial charge in [-0.2, -0.15) is 18.3 Å². The molecule has 0 radical (unpaired) electrons. The summed E-state index contributed by atoms with van der Waals surface area (Å²) in [5, 5.41) is 11.5. The van der Waals surface area contributed by atoms with E-state index in [0.717, 1.165) is 31.9 Å². The summed E-state index contributed by atoms with van der Waals surface area (Å²) in [5.74, 6) is -0.202. The lowest BCUT2D eigenvalue weighted by Gasteiger charge is -2.31. The molecule has 0 unspecified atom stereocenters. The smallest absolute Gasteiger partial charge is 0.382 e. The molecule has 0 bridgehead atoms. The topological polar surface area (TPSA) is 75.1 Å². The first kappa shape index (κ1) is 25.2. The summed E-state index contributed by atoms with van der Waals surface area (Å²) < 4.78 is 42.0. The quantitative estimate of drug-likeness (QED) is 0.478. The van der Waals surface area contributed by atoms with Gasteiger partial charge in [0.05, 0.1) is 23.8 Å². The first-order chi connectivity index (χ1) is 16.6. The number of pyridine rings is 1. The van der Waals surface area contributed by atoms with Crippen molar-refractivity contribution < 1.29 is 18.0 Å². The van der Waals surface area contributed by atoms with E-state index in [9.17, 15) is 18.0 Å². The third-order valence-corrected chi connectivity index (χ3v) is 6.34. The number of anilines is 1. The molecule has 0 saturated heterocycles. The molecular formula is C24H28ClF3N6O. The van der Waals surface area contributed by atoms with Gasteiger partial charge in [-0.05, 0) is 64.0 Å². The lowest BCUT2D eigenvalue weighted by molar-refractivity contribution is -0.140. The van der Waals surface area contributed by atoms with Gasteiger partial charge in [-0.3, -0.25) is 9.48 Å². The molecule has 0 aliphatic heterocycles. The number of aromatic nitrogens is 3. The predicted octanol–water partition coefficient (Wildman–Crippen LogP) is 4.82. The predicted molar refractivity (Wildman–Crippen MR) is 130 cm³/mol. The number of hydrogen-bond acceptors (Lipinski definition) is 5. The lowest BCUT2D eigenvalue weighted by atomic mass is 9.90. The van der Waals surface area contributed by atoms with E-state index in [1.807, 2.05) is 19.0 Å². The number of rotatable bonds is 7. The van der Waals surface area contributed by atoms with E-state index in [2.05, 4.69) is 20.7 Å². The molecule has 1 aliphatic carbocycles. The summed E-state index contributed by atoms with van der Waals surface area (Å²) in [7, 11) is 3.94. The lowest BCUT2D eigenvalue weighted by Crippen LogP contribution is -2.41. The first-order valence-corrected chi connectivity index (χ1v) is 11.9. The van der Waals surface area contributed by atoms with Crippen LogP contribution in [0.3, 0.4) is 0 Å². The average molecular weight is 509 g/mol. The summed E-state index contributed by atoms with van der Waals surface area (Å²) in [4.78, 5) is 18.6. The van der Waals surface area contributed by atoms with E-state index < -0.39 is 11.9 Å². The fourth-order valence-corrected chi connectivity index (χ4v) is 4.48. The molecule has 1 aromatic carbocycles. The van der Waals surface area contributed by atoms with E-state index in [1.54, 1.807) is 23.1 Å². The summed E-state index contributed by atoms with van der Waals surface area (Å²) >= 11 is 6.10. The SMILES string of the molecule is CN(C)CCn1cc(C(=O)N[C@@H]2CCC[C@H](Nc3cc(C(F)(F)F)nc4ccc(Cl)cc34)C2)cn1. The van der Waals surface area contributed by atoms with Crippen LogP contribution in [0.2, 0.25) is 5.02 Å². The van der Waals surface area contributed by atoms with Crippen LogP contribution in [0.4, 0.5) is 18.9 Å². The minimum atomic E-state index is -4.57. The molecule has 3 aromatic rings. The number of amides is 1. The normalized spacial score (nSPS) is 18.7. The highest BCUT2D eigenvalue weighted by Gasteiger charge is 2.34. The zero-order valence-electron chi connectivity index (χ0n) is 19.6. The second kappa shape index (κ2) is 10.4. The molecule has 1 saturated carbocycles. The Hall–Kier alpha value is -2.85.